The van der Waals surface area contributed by atoms with Crippen molar-refractivity contribution in [2.24, 2.45) is 46.3 Å². The summed E-state index contributed by atoms with van der Waals surface area (Å²) in [6, 6.07) is -0.240. The van der Waals surface area contributed by atoms with Crippen molar-refractivity contribution in [1.29, 1.82) is 0 Å². The Morgan fingerprint density at radius 2 is 1.68 bits per heavy atom. The van der Waals surface area contributed by atoms with Crippen molar-refractivity contribution in [3.63, 3.8) is 0 Å². The minimum Gasteiger partial charge on any atom is -0.469 e. The maximum absolute atomic E-state index is 14.9. The Balaban J connectivity index is 1.75. The van der Waals surface area contributed by atoms with Gasteiger partial charge in [-0.3, -0.25) is 19.2 Å². The highest BCUT2D eigenvalue weighted by molar-refractivity contribution is 5.92. The number of nitrogens with one attached hydrogen (secondary N) is 1. The van der Waals surface area contributed by atoms with Gasteiger partial charge in [0, 0.05) is 37.6 Å². The molecule has 0 aliphatic heterocycles. The fourth-order valence-electron chi connectivity index (χ4n) is 9.84. The summed E-state index contributed by atoms with van der Waals surface area (Å²) in [6.45, 7) is 13.8. The monoisotopic (exact) mass is 561 g/mol. The van der Waals surface area contributed by atoms with E-state index in [-0.39, 0.29) is 88.9 Å². The number of methoxy groups -OCH3 is 1. The fraction of sp³-hybridized carbons (Fsp3) is 0.875. The molecule has 4 aliphatic carbocycles. The molecule has 0 radical (unpaired) electrons. The van der Waals surface area contributed by atoms with Crippen LogP contribution in [0.15, 0.2) is 0 Å². The van der Waals surface area contributed by atoms with Crippen molar-refractivity contribution >= 4 is 23.7 Å². The molecule has 0 unspecified atom stereocenters. The van der Waals surface area contributed by atoms with E-state index in [2.05, 4.69) is 39.9 Å². The Hall–Kier alpha value is -1.96. The van der Waals surface area contributed by atoms with Gasteiger partial charge in [0.15, 0.2) is 5.78 Å². The van der Waals surface area contributed by atoms with Crippen molar-refractivity contribution in [2.45, 2.75) is 124 Å². The molecule has 4 aliphatic rings. The number of hydrogen-bond donors (Lipinski definition) is 1. The van der Waals surface area contributed by atoms with Gasteiger partial charge in [-0.2, -0.15) is 0 Å². The van der Waals surface area contributed by atoms with Crippen LogP contribution in [-0.4, -0.2) is 55.1 Å². The van der Waals surface area contributed by atoms with Gasteiger partial charge in [-0.1, -0.05) is 34.6 Å². The van der Waals surface area contributed by atoms with Crippen LogP contribution in [0.25, 0.3) is 0 Å². The maximum atomic E-state index is 14.9. The summed E-state index contributed by atoms with van der Waals surface area (Å²) in [6.07, 6.45) is 5.57. The second-order valence-corrected chi connectivity index (χ2v) is 14.0. The van der Waals surface area contributed by atoms with Crippen LogP contribution < -0.4 is 5.32 Å². The predicted octanol–water partition coefficient (Wildman–Crippen LogP) is 4.86. The van der Waals surface area contributed by atoms with E-state index in [1.807, 2.05) is 0 Å². The molecule has 0 aromatic rings. The van der Waals surface area contributed by atoms with Crippen LogP contribution in [0, 0.1) is 46.3 Å². The first kappa shape index (κ1) is 31.0. The Morgan fingerprint density at radius 1 is 1.00 bits per heavy atom. The number of ketones is 1. The summed E-state index contributed by atoms with van der Waals surface area (Å²) in [4.78, 5) is 51.0. The normalized spacial score (nSPS) is 41.4. The minimum atomic E-state index is -0.570. The van der Waals surface area contributed by atoms with Crippen LogP contribution in [0.5, 0.6) is 0 Å². The van der Waals surface area contributed by atoms with Crippen LogP contribution in [0.1, 0.15) is 99.8 Å². The zero-order valence-electron chi connectivity index (χ0n) is 25.8. The lowest BCUT2D eigenvalue weighted by atomic mass is 9.42. The second-order valence-electron chi connectivity index (χ2n) is 14.0. The Bertz CT molecular complexity index is 996. The van der Waals surface area contributed by atoms with Crippen molar-refractivity contribution in [3.8, 4) is 0 Å². The molecular weight excluding hydrogens is 510 g/mol. The maximum Gasteiger partial charge on any atom is 0.305 e. The first-order valence-corrected chi connectivity index (χ1v) is 15.5. The average Bonchev–Trinajstić information content (AvgIpc) is 3.22. The molecule has 4 saturated carbocycles. The fourth-order valence-corrected chi connectivity index (χ4v) is 9.84. The number of carbonyl (C=O) groups excluding carboxylic acids is 4. The number of ether oxygens (including phenoxy) is 3. The topological polar surface area (TPSA) is 108 Å². The smallest absolute Gasteiger partial charge is 0.305 e. The molecule has 11 atom stereocenters. The molecule has 8 nitrogen and oxygen atoms in total. The summed E-state index contributed by atoms with van der Waals surface area (Å²) in [5, 5.41) is 3.71. The molecule has 4 rings (SSSR count). The van der Waals surface area contributed by atoms with Crippen LogP contribution >= 0.6 is 0 Å². The minimum absolute atomic E-state index is 0.0194. The molecule has 0 heterocycles. The highest BCUT2D eigenvalue weighted by Gasteiger charge is 2.69. The quantitative estimate of drug-likeness (QED) is 0.331. The summed E-state index contributed by atoms with van der Waals surface area (Å²) < 4.78 is 16.7. The summed E-state index contributed by atoms with van der Waals surface area (Å²) in [7, 11) is 1.42. The molecular formula is C32H51NO7. The molecule has 0 saturated heterocycles. The van der Waals surface area contributed by atoms with Gasteiger partial charge in [-0.15, -0.1) is 0 Å². The van der Waals surface area contributed by atoms with Gasteiger partial charge >= 0.3 is 17.9 Å². The summed E-state index contributed by atoms with van der Waals surface area (Å²) in [5.41, 5.74) is -0.712. The third kappa shape index (κ3) is 5.46. The lowest BCUT2D eigenvalue weighted by Crippen LogP contribution is -2.70. The van der Waals surface area contributed by atoms with Gasteiger partial charge in [0.05, 0.1) is 13.2 Å². The molecule has 0 spiro atoms. The summed E-state index contributed by atoms with van der Waals surface area (Å²) >= 11 is 0. The highest BCUT2D eigenvalue weighted by atomic mass is 16.5. The Kier molecular flexibility index (Phi) is 9.09. The average molecular weight is 562 g/mol. The molecule has 0 aromatic heterocycles. The third-order valence-electron chi connectivity index (χ3n) is 11.5. The predicted molar refractivity (Wildman–Crippen MR) is 150 cm³/mol. The molecule has 1 N–H and O–H groups in total. The van der Waals surface area contributed by atoms with Gasteiger partial charge in [0.25, 0.3) is 0 Å². The van der Waals surface area contributed by atoms with Crippen LogP contribution in [0.4, 0.5) is 0 Å². The Morgan fingerprint density at radius 3 is 2.27 bits per heavy atom. The van der Waals surface area contributed by atoms with Crippen LogP contribution in [0.3, 0.4) is 0 Å². The molecule has 4 fully saturated rings. The first-order chi connectivity index (χ1) is 18.7. The number of carbonyl (C=O) groups is 4. The number of fused-ring (bicyclic) bond motifs is 5. The number of Topliss-reactive ketones (excluding diaryl/α,β-unsaturated/α-hetero) is 1. The van der Waals surface area contributed by atoms with E-state index in [1.54, 1.807) is 0 Å². The van der Waals surface area contributed by atoms with Gasteiger partial charge in [-0.05, 0) is 80.0 Å². The molecule has 226 valence electrons. The van der Waals surface area contributed by atoms with Crippen molar-refractivity contribution in [1.82, 2.24) is 5.32 Å². The van der Waals surface area contributed by atoms with Crippen molar-refractivity contribution in [3.05, 3.63) is 0 Å². The molecule has 0 amide bonds. The van der Waals surface area contributed by atoms with E-state index >= 15 is 0 Å². The van der Waals surface area contributed by atoms with Gasteiger partial charge in [-0.25, -0.2) is 0 Å². The lowest BCUT2D eigenvalue weighted by Gasteiger charge is -2.64. The van der Waals surface area contributed by atoms with E-state index in [4.69, 9.17) is 14.2 Å². The van der Waals surface area contributed by atoms with Crippen LogP contribution in [0.2, 0.25) is 0 Å². The second kappa shape index (κ2) is 11.7. The zero-order chi connectivity index (χ0) is 29.6. The van der Waals surface area contributed by atoms with Gasteiger partial charge in [0.1, 0.15) is 12.2 Å². The third-order valence-corrected chi connectivity index (χ3v) is 11.5. The largest absolute Gasteiger partial charge is 0.469 e. The number of rotatable bonds is 8. The van der Waals surface area contributed by atoms with E-state index in [0.717, 1.165) is 38.5 Å². The number of hydrogen-bond acceptors (Lipinski definition) is 8. The van der Waals surface area contributed by atoms with Crippen LogP contribution in [-0.2, 0) is 33.4 Å². The van der Waals surface area contributed by atoms with E-state index in [9.17, 15) is 19.2 Å². The van der Waals surface area contributed by atoms with Gasteiger partial charge in [0.2, 0.25) is 0 Å². The molecule has 8 heteroatoms. The molecule has 0 bridgehead atoms. The SMILES string of the molecule is COC(=O)CC[C@@H](C)[C@H]1CC[C@H]2[C@H]3[C@H]([C@H](NC(C)C)C(=O)[C@]12C)[C@@]1(C)CC[C@@H](OC(C)=O)C[C@H]1C[C@H]3OC(C)=O. The highest BCUT2D eigenvalue weighted by Crippen LogP contribution is 2.68. The van der Waals surface area contributed by atoms with Gasteiger partial charge < -0.3 is 19.5 Å². The zero-order valence-corrected chi connectivity index (χ0v) is 25.8. The van der Waals surface area contributed by atoms with Crippen molar-refractivity contribution < 1.29 is 33.4 Å². The van der Waals surface area contributed by atoms with E-state index in [1.165, 1.54) is 21.0 Å². The first-order valence-electron chi connectivity index (χ1n) is 15.5. The lowest BCUT2D eigenvalue weighted by molar-refractivity contribution is -0.203. The van der Waals surface area contributed by atoms with E-state index < -0.39 is 5.41 Å². The molecule has 40 heavy (non-hydrogen) atoms. The summed E-state index contributed by atoms with van der Waals surface area (Å²) in [5.74, 6) is 0.223. The standard InChI is InChI=1S/C32H51NO7/c1-17(2)33-29-28-27(24-11-10-23(32(24,7)30(29)37)18(3)9-12-26(36)38-8)25(40-20(5)35)16-21-15-22(39-19(4)34)13-14-31(21,28)6/h17-18,21-25,27-29,33H,9-16H2,1-8H3/t18-,21+,22-,23-,24+,25-,27-,28-,29+,31+,32-/m1/s1. The molecule has 0 aromatic carbocycles. The van der Waals surface area contributed by atoms with Crippen molar-refractivity contribution in [2.75, 3.05) is 7.11 Å². The number of esters is 3. The van der Waals surface area contributed by atoms with E-state index in [0.29, 0.717) is 12.8 Å². The Labute approximate surface area is 240 Å².